The number of rotatable bonds is 5. The Morgan fingerprint density at radius 1 is 1.28 bits per heavy atom. The van der Waals surface area contributed by atoms with Crippen LogP contribution in [0.4, 0.5) is 0 Å². The lowest BCUT2D eigenvalue weighted by atomic mass is 9.98. The van der Waals surface area contributed by atoms with Crippen LogP contribution >= 0.6 is 0 Å². The van der Waals surface area contributed by atoms with Crippen molar-refractivity contribution in [2.45, 2.75) is 51.7 Å². The van der Waals surface area contributed by atoms with Gasteiger partial charge < -0.3 is 14.5 Å². The molecule has 2 aliphatic heterocycles. The van der Waals surface area contributed by atoms with E-state index in [1.54, 1.807) is 4.68 Å². The number of hydrogen-bond acceptors (Lipinski definition) is 5. The van der Waals surface area contributed by atoms with Gasteiger partial charge in [0.1, 0.15) is 0 Å². The fraction of sp³-hybridized carbons (Fsp3) is 0.667. The van der Waals surface area contributed by atoms with Crippen LogP contribution < -0.4 is 0 Å². The number of morpholine rings is 1. The molecule has 0 saturated carbocycles. The fourth-order valence-corrected chi connectivity index (χ4v) is 4.62. The molecule has 0 radical (unpaired) electrons. The molecule has 0 spiro atoms. The topological polar surface area (TPSA) is 79.3 Å². The number of aryl methyl sites for hydroxylation is 2. The average molecular weight is 401 g/mol. The largest absolute Gasteiger partial charge is 0.373 e. The SMILES string of the molecule is CCc1[nH]nc(C(=O)N2CCO[C@@H](CN3CCCCC3)[C@@H]2c2cnn(C)c2)c1C. The predicted molar refractivity (Wildman–Crippen MR) is 110 cm³/mol. The van der Waals surface area contributed by atoms with Crippen LogP contribution in [-0.4, -0.2) is 74.6 Å². The molecule has 1 N–H and O–H groups in total. The minimum Gasteiger partial charge on any atom is -0.373 e. The van der Waals surface area contributed by atoms with Gasteiger partial charge in [-0.05, 0) is 39.3 Å². The first kappa shape index (κ1) is 20.1. The molecule has 0 bridgehead atoms. The van der Waals surface area contributed by atoms with Crippen molar-refractivity contribution >= 4 is 5.91 Å². The third kappa shape index (κ3) is 4.09. The van der Waals surface area contributed by atoms with Crippen LogP contribution in [0.25, 0.3) is 0 Å². The summed E-state index contributed by atoms with van der Waals surface area (Å²) in [6, 6.07) is -0.159. The number of aromatic amines is 1. The van der Waals surface area contributed by atoms with E-state index in [0.717, 1.165) is 42.9 Å². The van der Waals surface area contributed by atoms with Crippen molar-refractivity contribution in [3.8, 4) is 0 Å². The monoisotopic (exact) mass is 400 g/mol. The van der Waals surface area contributed by atoms with E-state index in [4.69, 9.17) is 4.74 Å². The molecule has 8 nitrogen and oxygen atoms in total. The molecule has 158 valence electrons. The number of carbonyl (C=O) groups is 1. The number of nitrogens with one attached hydrogen (secondary N) is 1. The summed E-state index contributed by atoms with van der Waals surface area (Å²) in [6.07, 6.45) is 8.39. The normalized spacial score (nSPS) is 23.5. The van der Waals surface area contributed by atoms with E-state index in [2.05, 4.69) is 27.1 Å². The van der Waals surface area contributed by atoms with E-state index in [9.17, 15) is 4.79 Å². The summed E-state index contributed by atoms with van der Waals surface area (Å²) >= 11 is 0. The number of piperidine rings is 1. The molecule has 1 amide bonds. The molecule has 0 aliphatic carbocycles. The van der Waals surface area contributed by atoms with Crippen LogP contribution in [0.3, 0.4) is 0 Å². The first-order chi connectivity index (χ1) is 14.1. The van der Waals surface area contributed by atoms with E-state index in [-0.39, 0.29) is 18.1 Å². The van der Waals surface area contributed by atoms with Crippen LogP contribution in [0, 0.1) is 6.92 Å². The lowest BCUT2D eigenvalue weighted by molar-refractivity contribution is -0.0743. The fourth-order valence-electron chi connectivity index (χ4n) is 4.62. The first-order valence-electron chi connectivity index (χ1n) is 10.8. The molecule has 8 heteroatoms. The lowest BCUT2D eigenvalue weighted by Crippen LogP contribution is -2.52. The van der Waals surface area contributed by atoms with Crippen molar-refractivity contribution < 1.29 is 9.53 Å². The van der Waals surface area contributed by atoms with Gasteiger partial charge in [0.15, 0.2) is 5.69 Å². The van der Waals surface area contributed by atoms with Gasteiger partial charge in [-0.1, -0.05) is 13.3 Å². The van der Waals surface area contributed by atoms with Crippen molar-refractivity contribution in [3.05, 3.63) is 34.9 Å². The van der Waals surface area contributed by atoms with Crippen LogP contribution in [0.2, 0.25) is 0 Å². The van der Waals surface area contributed by atoms with Crippen LogP contribution in [0.1, 0.15) is 59.5 Å². The highest BCUT2D eigenvalue weighted by Gasteiger charge is 2.39. The maximum Gasteiger partial charge on any atom is 0.275 e. The minimum atomic E-state index is -0.159. The van der Waals surface area contributed by atoms with Gasteiger partial charge in [0.25, 0.3) is 5.91 Å². The highest BCUT2D eigenvalue weighted by Crippen LogP contribution is 2.32. The van der Waals surface area contributed by atoms with Gasteiger partial charge in [0, 0.05) is 43.2 Å². The molecule has 29 heavy (non-hydrogen) atoms. The highest BCUT2D eigenvalue weighted by atomic mass is 16.5. The van der Waals surface area contributed by atoms with Gasteiger partial charge in [-0.2, -0.15) is 10.2 Å². The predicted octanol–water partition coefficient (Wildman–Crippen LogP) is 2.08. The molecular formula is C21H32N6O2. The molecular weight excluding hydrogens is 368 g/mol. The second kappa shape index (κ2) is 8.67. The van der Waals surface area contributed by atoms with Gasteiger partial charge in [-0.15, -0.1) is 0 Å². The van der Waals surface area contributed by atoms with Gasteiger partial charge in [-0.25, -0.2) is 0 Å². The zero-order chi connectivity index (χ0) is 20.4. The molecule has 0 unspecified atom stereocenters. The Labute approximate surface area is 172 Å². The maximum atomic E-state index is 13.5. The molecule has 2 saturated heterocycles. The van der Waals surface area contributed by atoms with Crippen LogP contribution in [0.5, 0.6) is 0 Å². The van der Waals surface area contributed by atoms with E-state index in [1.165, 1.54) is 19.3 Å². The first-order valence-corrected chi connectivity index (χ1v) is 10.8. The molecule has 2 atom stereocenters. The van der Waals surface area contributed by atoms with Crippen LogP contribution in [-0.2, 0) is 18.2 Å². The third-order valence-corrected chi connectivity index (χ3v) is 6.23. The molecule has 4 heterocycles. The van der Waals surface area contributed by atoms with E-state index >= 15 is 0 Å². The van der Waals surface area contributed by atoms with E-state index in [1.807, 2.05) is 31.3 Å². The Morgan fingerprint density at radius 2 is 2.07 bits per heavy atom. The smallest absolute Gasteiger partial charge is 0.275 e. The summed E-state index contributed by atoms with van der Waals surface area (Å²) in [5.74, 6) is -0.0285. The number of carbonyl (C=O) groups excluding carboxylic acids is 1. The Hall–Kier alpha value is -2.19. The summed E-state index contributed by atoms with van der Waals surface area (Å²) in [7, 11) is 1.91. The van der Waals surface area contributed by atoms with E-state index in [0.29, 0.717) is 18.8 Å². The van der Waals surface area contributed by atoms with Crippen molar-refractivity contribution in [3.63, 3.8) is 0 Å². The zero-order valence-corrected chi connectivity index (χ0v) is 17.7. The van der Waals surface area contributed by atoms with Crippen molar-refractivity contribution in [2.75, 3.05) is 32.8 Å². The molecule has 2 aliphatic rings. The quantitative estimate of drug-likeness (QED) is 0.831. The van der Waals surface area contributed by atoms with Gasteiger partial charge >= 0.3 is 0 Å². The summed E-state index contributed by atoms with van der Waals surface area (Å²) in [4.78, 5) is 17.9. The second-order valence-corrected chi connectivity index (χ2v) is 8.19. The Balaban J connectivity index is 1.63. The lowest BCUT2D eigenvalue weighted by Gasteiger charge is -2.43. The van der Waals surface area contributed by atoms with Crippen LogP contribution in [0.15, 0.2) is 12.4 Å². The van der Waals surface area contributed by atoms with Gasteiger partial charge in [0.05, 0.1) is 24.9 Å². The Kier molecular flexibility index (Phi) is 6.01. The minimum absolute atomic E-state index is 0.0285. The summed E-state index contributed by atoms with van der Waals surface area (Å²) < 4.78 is 8.02. The molecule has 2 aromatic rings. The summed E-state index contributed by atoms with van der Waals surface area (Å²) in [5, 5.41) is 11.7. The van der Waals surface area contributed by atoms with Crippen molar-refractivity contribution in [1.82, 2.24) is 29.8 Å². The van der Waals surface area contributed by atoms with Gasteiger partial charge in [-0.3, -0.25) is 14.6 Å². The molecule has 4 rings (SSSR count). The van der Waals surface area contributed by atoms with E-state index < -0.39 is 0 Å². The number of aromatic nitrogens is 4. The average Bonchev–Trinajstić information content (AvgIpc) is 3.33. The Morgan fingerprint density at radius 3 is 2.72 bits per heavy atom. The number of likely N-dealkylation sites (tertiary alicyclic amines) is 1. The van der Waals surface area contributed by atoms with Gasteiger partial charge in [0.2, 0.25) is 0 Å². The van der Waals surface area contributed by atoms with Crippen molar-refractivity contribution in [2.24, 2.45) is 7.05 Å². The molecule has 2 fully saturated rings. The number of H-pyrrole nitrogens is 1. The molecule has 0 aromatic carbocycles. The third-order valence-electron chi connectivity index (χ3n) is 6.23. The number of ether oxygens (including phenoxy) is 1. The van der Waals surface area contributed by atoms with Crippen molar-refractivity contribution in [1.29, 1.82) is 0 Å². The maximum absolute atomic E-state index is 13.5. The second-order valence-electron chi connectivity index (χ2n) is 8.19. The Bertz CT molecular complexity index is 838. The zero-order valence-electron chi connectivity index (χ0n) is 17.7. The summed E-state index contributed by atoms with van der Waals surface area (Å²) in [5.41, 5.74) is 3.51. The number of amides is 1. The standard InChI is InChI=1S/C21H32N6O2/c1-4-17-15(2)19(24-23-17)21(28)27-10-11-29-18(14-26-8-6-5-7-9-26)20(27)16-12-22-25(3)13-16/h12-13,18,20H,4-11,14H2,1-3H3,(H,23,24)/t18-,20-/m0/s1. The number of hydrogen-bond donors (Lipinski definition) is 1. The summed E-state index contributed by atoms with van der Waals surface area (Å²) in [6.45, 7) is 8.19. The number of nitrogens with zero attached hydrogens (tertiary/aromatic N) is 5. The molecule has 2 aromatic heterocycles. The highest BCUT2D eigenvalue weighted by molar-refractivity contribution is 5.94.